The quantitative estimate of drug-likeness (QED) is 0.344. The Labute approximate surface area is 245 Å². The molecule has 3 aliphatic heterocycles. The maximum Gasteiger partial charge on any atom is 0.284 e. The summed E-state index contributed by atoms with van der Waals surface area (Å²) >= 11 is 5.94. The Bertz CT molecular complexity index is 1470. The predicted molar refractivity (Wildman–Crippen MR) is 152 cm³/mol. The lowest BCUT2D eigenvalue weighted by atomic mass is 10.1. The molecule has 1 amide bonds. The molecule has 3 aliphatic rings. The highest BCUT2D eigenvalue weighted by Crippen LogP contribution is 2.35. The monoisotopic (exact) mass is 601 g/mol. The maximum absolute atomic E-state index is 15.0. The van der Waals surface area contributed by atoms with Crippen LogP contribution in [-0.4, -0.2) is 85.7 Å². The van der Waals surface area contributed by atoms with Crippen molar-refractivity contribution in [2.75, 3.05) is 63.3 Å². The molecule has 3 unspecified atom stereocenters. The summed E-state index contributed by atoms with van der Waals surface area (Å²) in [6.45, 7) is 4.16. The van der Waals surface area contributed by atoms with E-state index in [4.69, 9.17) is 30.5 Å². The molecule has 0 radical (unpaired) electrons. The first-order chi connectivity index (χ1) is 20.4. The van der Waals surface area contributed by atoms with E-state index in [1.807, 2.05) is 4.90 Å². The molecule has 0 aliphatic carbocycles. The van der Waals surface area contributed by atoms with Crippen LogP contribution >= 0.6 is 11.6 Å². The second kappa shape index (κ2) is 12.8. The van der Waals surface area contributed by atoms with Crippen LogP contribution in [0.2, 0.25) is 5.02 Å². The molecule has 42 heavy (non-hydrogen) atoms. The number of nitrogens with zero attached hydrogens (tertiary/aromatic N) is 3. The molecule has 3 aromatic rings. The van der Waals surface area contributed by atoms with Crippen LogP contribution in [0.15, 0.2) is 48.6 Å². The number of fused-ring (bicyclic) bond motifs is 2. The van der Waals surface area contributed by atoms with E-state index in [1.165, 1.54) is 30.6 Å². The number of nitrogens with one attached hydrogen (secondary N) is 2. The number of anilines is 3. The molecule has 0 saturated carbocycles. The number of halogens is 3. The number of likely N-dealkylation sites (tertiary alicyclic amines) is 1. The van der Waals surface area contributed by atoms with Gasteiger partial charge in [-0.15, -0.1) is 0 Å². The van der Waals surface area contributed by atoms with Gasteiger partial charge in [-0.25, -0.2) is 18.7 Å². The average molecular weight is 602 g/mol. The summed E-state index contributed by atoms with van der Waals surface area (Å²) in [4.78, 5) is 23.6. The largest absolute Gasteiger partial charge is 0.491 e. The summed E-state index contributed by atoms with van der Waals surface area (Å²) in [5.74, 6) is -1.47. The first kappa shape index (κ1) is 28.7. The Morgan fingerprint density at radius 1 is 1.14 bits per heavy atom. The average Bonchev–Trinajstić information content (AvgIpc) is 3.67. The van der Waals surface area contributed by atoms with E-state index in [0.29, 0.717) is 74.3 Å². The van der Waals surface area contributed by atoms with E-state index < -0.39 is 17.6 Å². The van der Waals surface area contributed by atoms with Gasteiger partial charge in [0.1, 0.15) is 23.7 Å². The van der Waals surface area contributed by atoms with E-state index >= 15 is 4.39 Å². The highest BCUT2D eigenvalue weighted by atomic mass is 35.5. The Kier molecular flexibility index (Phi) is 8.77. The van der Waals surface area contributed by atoms with Gasteiger partial charge in [-0.05, 0) is 36.8 Å². The minimum atomic E-state index is -0.925. The van der Waals surface area contributed by atoms with Gasteiger partial charge < -0.3 is 29.6 Å². The first-order valence-electron chi connectivity index (χ1n) is 13.8. The lowest BCUT2D eigenvalue weighted by molar-refractivity contribution is -0.116. The molecular weight excluding hydrogens is 572 g/mol. The topological polar surface area (TPSA) is 107 Å². The lowest BCUT2D eigenvalue weighted by Crippen LogP contribution is -2.36. The summed E-state index contributed by atoms with van der Waals surface area (Å²) in [7, 11) is 0. The standard InChI is InChI=1S/C29H30ClF2N5O5/c30-20-9-18(1-2-21(20)31)35-28-19-10-24(25(11-23(19)33-16-34-28)42-15-17-4-6-39-14-17)36-29(38)22(32)3-5-37-12-26-27(13-37)41-8-7-40-26/h1-3,9-11,16-17,26-27H,4-8,12-15H2,(H,36,38)(H,33,34,35). The van der Waals surface area contributed by atoms with Crippen LogP contribution in [0.3, 0.4) is 0 Å². The normalized spacial score (nSPS) is 22.7. The van der Waals surface area contributed by atoms with Gasteiger partial charge in [-0.2, -0.15) is 0 Å². The minimum Gasteiger partial charge on any atom is -0.491 e. The molecule has 0 spiro atoms. The molecule has 10 nitrogen and oxygen atoms in total. The number of carbonyl (C=O) groups excluding carboxylic acids is 1. The van der Waals surface area contributed by atoms with Crippen molar-refractivity contribution in [3.8, 4) is 5.75 Å². The van der Waals surface area contributed by atoms with Gasteiger partial charge >= 0.3 is 0 Å². The molecule has 2 N–H and O–H groups in total. The second-order valence-electron chi connectivity index (χ2n) is 10.4. The van der Waals surface area contributed by atoms with E-state index in [0.717, 1.165) is 6.42 Å². The van der Waals surface area contributed by atoms with Gasteiger partial charge in [-0.1, -0.05) is 11.6 Å². The van der Waals surface area contributed by atoms with E-state index in [1.54, 1.807) is 12.1 Å². The number of amides is 1. The van der Waals surface area contributed by atoms with Crippen LogP contribution < -0.4 is 15.4 Å². The van der Waals surface area contributed by atoms with Crippen LogP contribution in [0.4, 0.5) is 26.0 Å². The van der Waals surface area contributed by atoms with Gasteiger partial charge in [0.15, 0.2) is 5.83 Å². The Balaban J connectivity index is 1.23. The first-order valence-corrected chi connectivity index (χ1v) is 14.1. The zero-order valence-electron chi connectivity index (χ0n) is 22.7. The molecular formula is C29H30ClF2N5O5. The predicted octanol–water partition coefficient (Wildman–Crippen LogP) is 4.47. The number of hydrogen-bond acceptors (Lipinski definition) is 9. The van der Waals surface area contributed by atoms with Crippen LogP contribution in [-0.2, 0) is 19.0 Å². The van der Waals surface area contributed by atoms with Crippen molar-refractivity contribution in [2.45, 2.75) is 18.6 Å². The van der Waals surface area contributed by atoms with Crippen LogP contribution in [0, 0.1) is 11.7 Å². The van der Waals surface area contributed by atoms with Gasteiger partial charge in [0, 0.05) is 49.3 Å². The third-order valence-corrected chi connectivity index (χ3v) is 7.74. The highest BCUT2D eigenvalue weighted by molar-refractivity contribution is 6.31. The number of benzene rings is 2. The van der Waals surface area contributed by atoms with Gasteiger partial charge in [0.25, 0.3) is 5.91 Å². The SMILES string of the molecule is O=C(Nc1cc2c(Nc3ccc(F)c(Cl)c3)ncnc2cc1OCC1CCOC1)C(F)=CCN1CC2OCCOC2C1. The third-order valence-electron chi connectivity index (χ3n) is 7.45. The molecule has 6 rings (SSSR count). The van der Waals surface area contributed by atoms with Gasteiger partial charge in [-0.3, -0.25) is 9.69 Å². The zero-order valence-corrected chi connectivity index (χ0v) is 23.4. The van der Waals surface area contributed by atoms with Crippen LogP contribution in [0.1, 0.15) is 6.42 Å². The summed E-state index contributed by atoms with van der Waals surface area (Å²) in [5, 5.41) is 6.23. The number of rotatable bonds is 9. The summed E-state index contributed by atoms with van der Waals surface area (Å²) in [6, 6.07) is 7.48. The molecule has 2 aromatic carbocycles. The molecule has 4 heterocycles. The van der Waals surface area contributed by atoms with Crippen molar-refractivity contribution in [3.63, 3.8) is 0 Å². The van der Waals surface area contributed by atoms with E-state index in [2.05, 4.69) is 20.6 Å². The number of carbonyl (C=O) groups is 1. The fourth-order valence-corrected chi connectivity index (χ4v) is 5.38. The number of hydrogen-bond donors (Lipinski definition) is 2. The second-order valence-corrected chi connectivity index (χ2v) is 10.8. The molecule has 3 fully saturated rings. The molecule has 0 bridgehead atoms. The highest BCUT2D eigenvalue weighted by Gasteiger charge is 2.36. The van der Waals surface area contributed by atoms with Crippen molar-refractivity contribution in [2.24, 2.45) is 5.92 Å². The molecule has 1 aromatic heterocycles. The minimum absolute atomic E-state index is 0.0393. The molecule has 3 saturated heterocycles. The lowest BCUT2D eigenvalue weighted by Gasteiger charge is -2.24. The van der Waals surface area contributed by atoms with Crippen molar-refractivity contribution in [1.82, 2.24) is 14.9 Å². The van der Waals surface area contributed by atoms with Crippen molar-refractivity contribution in [1.29, 1.82) is 0 Å². The fourth-order valence-electron chi connectivity index (χ4n) is 5.20. The Morgan fingerprint density at radius 2 is 1.95 bits per heavy atom. The molecule has 3 atom stereocenters. The van der Waals surface area contributed by atoms with Crippen molar-refractivity contribution >= 4 is 45.6 Å². The van der Waals surface area contributed by atoms with Gasteiger partial charge in [0.2, 0.25) is 0 Å². The number of aromatic nitrogens is 2. The third kappa shape index (κ3) is 6.63. The van der Waals surface area contributed by atoms with E-state index in [-0.39, 0.29) is 35.4 Å². The fraction of sp³-hybridized carbons (Fsp3) is 0.414. The van der Waals surface area contributed by atoms with Crippen LogP contribution in [0.25, 0.3) is 10.9 Å². The molecule has 222 valence electrons. The van der Waals surface area contributed by atoms with Crippen molar-refractivity contribution < 1.29 is 32.5 Å². The summed E-state index contributed by atoms with van der Waals surface area (Å²) < 4.78 is 51.7. The van der Waals surface area contributed by atoms with Crippen molar-refractivity contribution in [3.05, 3.63) is 59.4 Å². The Morgan fingerprint density at radius 3 is 2.69 bits per heavy atom. The smallest absolute Gasteiger partial charge is 0.284 e. The zero-order chi connectivity index (χ0) is 29.1. The van der Waals surface area contributed by atoms with E-state index in [9.17, 15) is 9.18 Å². The number of ether oxygens (including phenoxy) is 4. The summed E-state index contributed by atoms with van der Waals surface area (Å²) in [5.41, 5.74) is 1.27. The van der Waals surface area contributed by atoms with Gasteiger partial charge in [0.05, 0.1) is 54.9 Å². The molecule has 13 heteroatoms. The summed E-state index contributed by atoms with van der Waals surface area (Å²) in [6.07, 6.45) is 3.40. The van der Waals surface area contributed by atoms with Crippen LogP contribution in [0.5, 0.6) is 5.75 Å². The Hall–Kier alpha value is -3.42. The maximum atomic E-state index is 15.0.